The first-order valence-electron chi connectivity index (χ1n) is 12.1. The Labute approximate surface area is 214 Å². The molecule has 0 radical (unpaired) electrons. The molecular weight excluding hydrogens is 474 g/mol. The van der Waals surface area contributed by atoms with Gasteiger partial charge in [0.05, 0.1) is 5.02 Å². The van der Waals surface area contributed by atoms with Crippen LogP contribution in [-0.4, -0.2) is 41.4 Å². The highest BCUT2D eigenvalue weighted by Gasteiger charge is 2.25. The molecule has 2 amide bonds. The van der Waals surface area contributed by atoms with E-state index >= 15 is 0 Å². The lowest BCUT2D eigenvalue weighted by molar-refractivity contribution is -0.123. The summed E-state index contributed by atoms with van der Waals surface area (Å²) in [5.74, 6) is -0.147. The highest BCUT2D eigenvalue weighted by Crippen LogP contribution is 2.25. The number of fused-ring (bicyclic) bond motifs is 1. The molecule has 7 nitrogen and oxygen atoms in total. The van der Waals surface area contributed by atoms with E-state index in [1.54, 1.807) is 24.4 Å². The molecule has 0 bridgehead atoms. The summed E-state index contributed by atoms with van der Waals surface area (Å²) in [7, 11) is 0. The van der Waals surface area contributed by atoms with Crippen molar-refractivity contribution in [3.8, 4) is 0 Å². The molecule has 2 aromatic carbocycles. The molecule has 5 rings (SSSR count). The highest BCUT2D eigenvalue weighted by molar-refractivity contribution is 6.35. The molecule has 184 valence electrons. The fraction of sp³-hybridized carbons (Fsp3) is 0.250. The molecule has 1 saturated heterocycles. The number of carbonyl (C=O) groups excluding carboxylic acids is 2. The quantitative estimate of drug-likeness (QED) is 0.342. The van der Waals surface area contributed by atoms with Crippen molar-refractivity contribution in [1.82, 2.24) is 20.6 Å². The summed E-state index contributed by atoms with van der Waals surface area (Å²) in [5, 5.41) is 7.46. The van der Waals surface area contributed by atoms with Crippen LogP contribution in [0.5, 0.6) is 0 Å². The number of nitrogens with one attached hydrogen (secondary N) is 3. The fourth-order valence-electron chi connectivity index (χ4n) is 4.69. The number of pyridine rings is 1. The van der Waals surface area contributed by atoms with Gasteiger partial charge in [0.1, 0.15) is 6.04 Å². The van der Waals surface area contributed by atoms with Crippen LogP contribution in [0.4, 0.5) is 5.69 Å². The number of aromatic amines is 1. The minimum atomic E-state index is -0.793. The van der Waals surface area contributed by atoms with E-state index in [9.17, 15) is 9.59 Å². The second-order valence-electron chi connectivity index (χ2n) is 9.10. The Morgan fingerprint density at radius 2 is 1.81 bits per heavy atom. The van der Waals surface area contributed by atoms with Crippen LogP contribution < -0.4 is 15.5 Å². The number of amides is 2. The van der Waals surface area contributed by atoms with Crippen molar-refractivity contribution in [2.45, 2.75) is 18.9 Å². The summed E-state index contributed by atoms with van der Waals surface area (Å²) >= 11 is 6.16. The molecule has 0 spiro atoms. The van der Waals surface area contributed by atoms with Crippen LogP contribution in [0, 0.1) is 5.92 Å². The molecule has 1 aliphatic heterocycles. The van der Waals surface area contributed by atoms with E-state index in [0.717, 1.165) is 42.4 Å². The number of hydrogen-bond donors (Lipinski definition) is 3. The molecule has 0 saturated carbocycles. The lowest BCUT2D eigenvalue weighted by Gasteiger charge is -2.33. The molecule has 36 heavy (non-hydrogen) atoms. The maximum absolute atomic E-state index is 13.3. The van der Waals surface area contributed by atoms with Gasteiger partial charge in [-0.3, -0.25) is 14.6 Å². The van der Waals surface area contributed by atoms with Crippen LogP contribution in [-0.2, 0) is 4.79 Å². The van der Waals surface area contributed by atoms with E-state index < -0.39 is 6.04 Å². The summed E-state index contributed by atoms with van der Waals surface area (Å²) in [6.07, 6.45) is 7.29. The number of piperidine rings is 1. The van der Waals surface area contributed by atoms with Crippen LogP contribution in [0.25, 0.3) is 10.9 Å². The highest BCUT2D eigenvalue weighted by atomic mass is 35.5. The maximum atomic E-state index is 13.3. The Bertz CT molecular complexity index is 1330. The van der Waals surface area contributed by atoms with E-state index in [1.165, 1.54) is 5.69 Å². The van der Waals surface area contributed by atoms with Gasteiger partial charge in [-0.15, -0.1) is 0 Å². The Morgan fingerprint density at radius 3 is 2.56 bits per heavy atom. The maximum Gasteiger partial charge on any atom is 0.252 e. The molecule has 1 aliphatic rings. The third kappa shape index (κ3) is 5.36. The van der Waals surface area contributed by atoms with Gasteiger partial charge >= 0.3 is 0 Å². The zero-order valence-corrected chi connectivity index (χ0v) is 20.5. The van der Waals surface area contributed by atoms with Gasteiger partial charge in [0.2, 0.25) is 5.91 Å². The summed E-state index contributed by atoms with van der Waals surface area (Å²) in [4.78, 5) is 35.9. The van der Waals surface area contributed by atoms with Gasteiger partial charge in [-0.1, -0.05) is 48.0 Å². The number of nitrogens with zero attached hydrogens (tertiary/aromatic N) is 2. The number of anilines is 1. The lowest BCUT2D eigenvalue weighted by Crippen LogP contribution is -2.43. The Kier molecular flexibility index (Phi) is 7.18. The number of hydrogen-bond acceptors (Lipinski definition) is 4. The number of H-pyrrole nitrogens is 1. The van der Waals surface area contributed by atoms with Gasteiger partial charge in [-0.2, -0.15) is 0 Å². The van der Waals surface area contributed by atoms with Crippen LogP contribution in [0.15, 0.2) is 79.3 Å². The SMILES string of the molecule is O=C(N[C@@H](C(=O)NCC1CCN(c2ccncc2)CC1)c1ccccc1)c1ccc2c(Cl)c[nH]c2c1. The minimum Gasteiger partial charge on any atom is -0.371 e. The number of rotatable bonds is 7. The zero-order valence-electron chi connectivity index (χ0n) is 19.8. The standard InChI is InChI=1S/C28H28ClN5O2/c29-24-18-31-25-16-21(6-7-23(24)25)27(35)33-26(20-4-2-1-3-5-20)28(36)32-17-19-10-14-34(15-11-19)22-8-12-30-13-9-22/h1-9,12-13,16,18-19,26,31H,10-11,14-15,17H2,(H,32,36)(H,33,35)/t26-/m1/s1. The van der Waals surface area contributed by atoms with Crippen molar-refractivity contribution < 1.29 is 9.59 Å². The summed E-state index contributed by atoms with van der Waals surface area (Å²) < 4.78 is 0. The van der Waals surface area contributed by atoms with Crippen molar-refractivity contribution in [2.24, 2.45) is 5.92 Å². The Morgan fingerprint density at radius 1 is 1.06 bits per heavy atom. The van der Waals surface area contributed by atoms with Gasteiger partial charge < -0.3 is 20.5 Å². The summed E-state index contributed by atoms with van der Waals surface area (Å²) in [5.41, 5.74) is 3.14. The number of halogens is 1. The van der Waals surface area contributed by atoms with Crippen LogP contribution in [0.3, 0.4) is 0 Å². The normalized spacial score (nSPS) is 15.0. The smallest absolute Gasteiger partial charge is 0.252 e. The van der Waals surface area contributed by atoms with Crippen LogP contribution in [0.1, 0.15) is 34.8 Å². The average Bonchev–Trinajstić information content (AvgIpc) is 3.31. The number of benzene rings is 2. The van der Waals surface area contributed by atoms with E-state index in [0.29, 0.717) is 23.0 Å². The van der Waals surface area contributed by atoms with Crippen molar-refractivity contribution in [3.63, 3.8) is 0 Å². The summed E-state index contributed by atoms with van der Waals surface area (Å²) in [6, 6.07) is 17.8. The van der Waals surface area contributed by atoms with Crippen molar-refractivity contribution in [2.75, 3.05) is 24.5 Å². The fourth-order valence-corrected chi connectivity index (χ4v) is 4.91. The van der Waals surface area contributed by atoms with E-state index in [4.69, 9.17) is 11.6 Å². The minimum absolute atomic E-state index is 0.213. The van der Waals surface area contributed by atoms with Crippen molar-refractivity contribution in [1.29, 1.82) is 0 Å². The Balaban J connectivity index is 1.23. The predicted molar refractivity (Wildman–Crippen MR) is 142 cm³/mol. The molecule has 1 atom stereocenters. The average molecular weight is 502 g/mol. The van der Waals surface area contributed by atoms with E-state index in [2.05, 4.69) is 25.5 Å². The molecular formula is C28H28ClN5O2. The first-order chi connectivity index (χ1) is 17.6. The topological polar surface area (TPSA) is 90.1 Å². The number of aromatic nitrogens is 2. The number of carbonyl (C=O) groups is 2. The monoisotopic (exact) mass is 501 g/mol. The molecule has 1 fully saturated rings. The molecule has 3 N–H and O–H groups in total. The van der Waals surface area contributed by atoms with E-state index in [-0.39, 0.29) is 11.8 Å². The van der Waals surface area contributed by atoms with Crippen LogP contribution >= 0.6 is 11.6 Å². The third-order valence-electron chi connectivity index (χ3n) is 6.77. The second-order valence-corrected chi connectivity index (χ2v) is 9.50. The molecule has 0 aliphatic carbocycles. The van der Waals surface area contributed by atoms with Gasteiger partial charge in [-0.25, -0.2) is 0 Å². The first-order valence-corrected chi connectivity index (χ1v) is 12.5. The van der Waals surface area contributed by atoms with Crippen molar-refractivity contribution in [3.05, 3.63) is 95.4 Å². The first kappa shape index (κ1) is 23.9. The van der Waals surface area contributed by atoms with Gasteiger partial charge in [0.15, 0.2) is 0 Å². The molecule has 4 aromatic rings. The van der Waals surface area contributed by atoms with Crippen molar-refractivity contribution >= 4 is 40.0 Å². The largest absolute Gasteiger partial charge is 0.371 e. The lowest BCUT2D eigenvalue weighted by atomic mass is 9.96. The molecule has 3 heterocycles. The Hall–Kier alpha value is -3.84. The van der Waals surface area contributed by atoms with Gasteiger partial charge in [-0.05, 0) is 48.6 Å². The van der Waals surface area contributed by atoms with Gasteiger partial charge in [0, 0.05) is 60.4 Å². The third-order valence-corrected chi connectivity index (χ3v) is 7.08. The summed E-state index contributed by atoms with van der Waals surface area (Å²) in [6.45, 7) is 2.46. The molecule has 0 unspecified atom stereocenters. The second kappa shape index (κ2) is 10.8. The zero-order chi connectivity index (χ0) is 24.9. The van der Waals surface area contributed by atoms with Gasteiger partial charge in [0.25, 0.3) is 5.91 Å². The van der Waals surface area contributed by atoms with Crippen LogP contribution in [0.2, 0.25) is 5.02 Å². The molecule has 2 aromatic heterocycles. The van der Waals surface area contributed by atoms with E-state index in [1.807, 2.05) is 54.9 Å². The predicted octanol–water partition coefficient (Wildman–Crippen LogP) is 4.72. The molecule has 8 heteroatoms.